The molecule has 0 aromatic heterocycles. The lowest BCUT2D eigenvalue weighted by molar-refractivity contribution is -0.156. The standard InChI is InChI=1S/C18H14F3NO5/c19-18(20,21)11-4-3-5-12(8-11)22-16(23)10-26-17(24)15-9-25-13-6-1-2-7-14(13)27-15/h1-8,15H,9-10H2,(H,22,23)/t15-/m1/s1. The molecule has 6 nitrogen and oxygen atoms in total. The first-order chi connectivity index (χ1) is 12.8. The topological polar surface area (TPSA) is 73.9 Å². The lowest BCUT2D eigenvalue weighted by Crippen LogP contribution is -2.39. The zero-order valence-corrected chi connectivity index (χ0v) is 13.8. The molecule has 3 rings (SSSR count). The molecule has 1 aliphatic rings. The molecular weight excluding hydrogens is 367 g/mol. The molecule has 1 aliphatic heterocycles. The second kappa shape index (κ2) is 7.56. The molecule has 1 atom stereocenters. The highest BCUT2D eigenvalue weighted by atomic mass is 19.4. The number of ether oxygens (including phenoxy) is 3. The van der Waals surface area contributed by atoms with Crippen molar-refractivity contribution in [2.24, 2.45) is 0 Å². The van der Waals surface area contributed by atoms with Gasteiger partial charge < -0.3 is 19.5 Å². The smallest absolute Gasteiger partial charge is 0.416 e. The van der Waals surface area contributed by atoms with Crippen LogP contribution in [-0.2, 0) is 20.5 Å². The number of hydrogen-bond acceptors (Lipinski definition) is 5. The summed E-state index contributed by atoms with van der Waals surface area (Å²) in [4.78, 5) is 23.8. The van der Waals surface area contributed by atoms with E-state index in [1.54, 1.807) is 24.3 Å². The molecule has 0 fully saturated rings. The Kier molecular flexibility index (Phi) is 5.20. The number of esters is 1. The molecular formula is C18H14F3NO5. The van der Waals surface area contributed by atoms with E-state index in [4.69, 9.17) is 14.2 Å². The summed E-state index contributed by atoms with van der Waals surface area (Å²) < 4.78 is 53.7. The minimum atomic E-state index is -4.53. The van der Waals surface area contributed by atoms with Crippen LogP contribution in [0.5, 0.6) is 11.5 Å². The molecule has 0 radical (unpaired) electrons. The summed E-state index contributed by atoms with van der Waals surface area (Å²) in [5.41, 5.74) is -0.958. The van der Waals surface area contributed by atoms with E-state index in [0.29, 0.717) is 11.5 Å². The number of amides is 1. The summed E-state index contributed by atoms with van der Waals surface area (Å²) in [5, 5.41) is 2.24. The normalized spacial score (nSPS) is 15.7. The quantitative estimate of drug-likeness (QED) is 0.825. The van der Waals surface area contributed by atoms with Crippen molar-refractivity contribution >= 4 is 17.6 Å². The fourth-order valence-electron chi connectivity index (χ4n) is 2.34. The predicted octanol–water partition coefficient (Wildman–Crippen LogP) is 3.03. The summed E-state index contributed by atoms with van der Waals surface area (Å²) in [6, 6.07) is 10.9. The summed E-state index contributed by atoms with van der Waals surface area (Å²) in [6.45, 7) is -0.748. The van der Waals surface area contributed by atoms with E-state index in [2.05, 4.69) is 5.32 Å². The van der Waals surface area contributed by atoms with Gasteiger partial charge in [0, 0.05) is 5.69 Å². The first-order valence-corrected chi connectivity index (χ1v) is 7.85. The number of rotatable bonds is 4. The number of anilines is 1. The Morgan fingerprint density at radius 1 is 1.11 bits per heavy atom. The highest BCUT2D eigenvalue weighted by Crippen LogP contribution is 2.31. The first-order valence-electron chi connectivity index (χ1n) is 7.85. The molecule has 2 aromatic carbocycles. The average Bonchev–Trinajstić information content (AvgIpc) is 2.65. The molecule has 0 spiro atoms. The number of nitrogens with one attached hydrogen (secondary N) is 1. The number of hydrogen-bond donors (Lipinski definition) is 1. The monoisotopic (exact) mass is 381 g/mol. The predicted molar refractivity (Wildman–Crippen MR) is 87.4 cm³/mol. The highest BCUT2D eigenvalue weighted by Gasteiger charge is 2.31. The van der Waals surface area contributed by atoms with E-state index < -0.39 is 36.3 Å². The summed E-state index contributed by atoms with van der Waals surface area (Å²) in [5.74, 6) is -0.730. The first kappa shape index (κ1) is 18.6. The van der Waals surface area contributed by atoms with Gasteiger partial charge in [-0.05, 0) is 30.3 Å². The Morgan fingerprint density at radius 2 is 1.85 bits per heavy atom. The lowest BCUT2D eigenvalue weighted by Gasteiger charge is -2.24. The second-order valence-corrected chi connectivity index (χ2v) is 5.60. The van der Waals surface area contributed by atoms with Crippen molar-refractivity contribution in [1.82, 2.24) is 0 Å². The van der Waals surface area contributed by atoms with Gasteiger partial charge in [0.05, 0.1) is 5.56 Å². The number of carbonyl (C=O) groups is 2. The number of para-hydroxylation sites is 2. The van der Waals surface area contributed by atoms with Gasteiger partial charge >= 0.3 is 12.1 Å². The van der Waals surface area contributed by atoms with Crippen molar-refractivity contribution in [3.63, 3.8) is 0 Å². The minimum Gasteiger partial charge on any atom is -0.485 e. The Labute approximate surface area is 151 Å². The number of benzene rings is 2. The molecule has 0 saturated heterocycles. The van der Waals surface area contributed by atoms with Crippen LogP contribution in [0.4, 0.5) is 18.9 Å². The van der Waals surface area contributed by atoms with Gasteiger partial charge in [-0.3, -0.25) is 4.79 Å². The molecule has 2 aromatic rings. The number of fused-ring (bicyclic) bond motifs is 1. The van der Waals surface area contributed by atoms with Crippen molar-refractivity contribution < 1.29 is 37.0 Å². The van der Waals surface area contributed by atoms with E-state index >= 15 is 0 Å². The van der Waals surface area contributed by atoms with E-state index in [1.807, 2.05) is 0 Å². The van der Waals surface area contributed by atoms with Crippen LogP contribution in [0.2, 0.25) is 0 Å². The molecule has 142 valence electrons. The van der Waals surface area contributed by atoms with Gasteiger partial charge in [0.1, 0.15) is 6.61 Å². The maximum Gasteiger partial charge on any atom is 0.416 e. The third-order valence-electron chi connectivity index (χ3n) is 3.59. The van der Waals surface area contributed by atoms with Crippen molar-refractivity contribution in [2.45, 2.75) is 12.3 Å². The number of halogens is 3. The molecule has 0 saturated carbocycles. The third-order valence-corrected chi connectivity index (χ3v) is 3.59. The molecule has 1 N–H and O–H groups in total. The number of alkyl halides is 3. The summed E-state index contributed by atoms with van der Waals surface area (Å²) in [6.07, 6.45) is -5.57. The van der Waals surface area contributed by atoms with Crippen LogP contribution < -0.4 is 14.8 Å². The molecule has 9 heteroatoms. The molecule has 0 aliphatic carbocycles. The second-order valence-electron chi connectivity index (χ2n) is 5.60. The molecule has 27 heavy (non-hydrogen) atoms. The average molecular weight is 381 g/mol. The minimum absolute atomic E-state index is 0.0583. The highest BCUT2D eigenvalue weighted by molar-refractivity contribution is 5.93. The molecule has 1 heterocycles. The Bertz CT molecular complexity index is 853. The Balaban J connectivity index is 1.52. The van der Waals surface area contributed by atoms with Crippen LogP contribution in [0.25, 0.3) is 0 Å². The van der Waals surface area contributed by atoms with Crippen molar-refractivity contribution in [2.75, 3.05) is 18.5 Å². The van der Waals surface area contributed by atoms with Crippen LogP contribution in [0.15, 0.2) is 48.5 Å². The van der Waals surface area contributed by atoms with Gasteiger partial charge in [-0.25, -0.2) is 4.79 Å². The maximum atomic E-state index is 12.7. The van der Waals surface area contributed by atoms with Crippen molar-refractivity contribution in [3.05, 3.63) is 54.1 Å². The lowest BCUT2D eigenvalue weighted by atomic mass is 10.2. The van der Waals surface area contributed by atoms with Crippen LogP contribution in [0.3, 0.4) is 0 Å². The van der Waals surface area contributed by atoms with Gasteiger partial charge in [-0.1, -0.05) is 18.2 Å². The van der Waals surface area contributed by atoms with E-state index in [0.717, 1.165) is 18.2 Å². The fourth-order valence-corrected chi connectivity index (χ4v) is 2.34. The van der Waals surface area contributed by atoms with Crippen molar-refractivity contribution in [3.8, 4) is 11.5 Å². The number of carbonyl (C=O) groups excluding carboxylic acids is 2. The summed E-state index contributed by atoms with van der Waals surface area (Å²) >= 11 is 0. The zero-order chi connectivity index (χ0) is 19.4. The maximum absolute atomic E-state index is 12.7. The van der Waals surface area contributed by atoms with E-state index in [-0.39, 0.29) is 12.3 Å². The third kappa shape index (κ3) is 4.69. The van der Waals surface area contributed by atoms with Gasteiger partial charge in [0.25, 0.3) is 5.91 Å². The molecule has 0 bridgehead atoms. The van der Waals surface area contributed by atoms with Gasteiger partial charge in [0.15, 0.2) is 18.1 Å². The Morgan fingerprint density at radius 3 is 2.59 bits per heavy atom. The SMILES string of the molecule is O=C(COC(=O)[C@H]1COc2ccccc2O1)Nc1cccc(C(F)(F)F)c1. The van der Waals surface area contributed by atoms with Gasteiger partial charge in [0.2, 0.25) is 6.10 Å². The van der Waals surface area contributed by atoms with Crippen LogP contribution in [0, 0.1) is 0 Å². The van der Waals surface area contributed by atoms with E-state index in [9.17, 15) is 22.8 Å². The fraction of sp³-hybridized carbons (Fsp3) is 0.222. The largest absolute Gasteiger partial charge is 0.485 e. The Hall–Kier alpha value is -3.23. The molecule has 0 unspecified atom stereocenters. The molecule has 1 amide bonds. The van der Waals surface area contributed by atoms with Crippen LogP contribution in [0.1, 0.15) is 5.56 Å². The van der Waals surface area contributed by atoms with Crippen LogP contribution in [-0.4, -0.2) is 31.2 Å². The summed E-state index contributed by atoms with van der Waals surface area (Å²) in [7, 11) is 0. The van der Waals surface area contributed by atoms with Crippen molar-refractivity contribution in [1.29, 1.82) is 0 Å². The zero-order valence-electron chi connectivity index (χ0n) is 13.8. The van der Waals surface area contributed by atoms with Gasteiger partial charge in [-0.15, -0.1) is 0 Å². The van der Waals surface area contributed by atoms with E-state index in [1.165, 1.54) is 6.07 Å². The van der Waals surface area contributed by atoms with Gasteiger partial charge in [-0.2, -0.15) is 13.2 Å². The van der Waals surface area contributed by atoms with Crippen LogP contribution >= 0.6 is 0 Å².